The first kappa shape index (κ1) is 21.4. The normalized spacial score (nSPS) is 16.4. The lowest BCUT2D eigenvalue weighted by Gasteiger charge is -2.50. The molecule has 7 heteroatoms. The summed E-state index contributed by atoms with van der Waals surface area (Å²) in [6, 6.07) is 5.62. The fraction of sp³-hybridized carbons (Fsp3) is 0.600. The first-order chi connectivity index (χ1) is 12.2. The molecule has 1 aliphatic heterocycles. The monoisotopic (exact) mass is 396 g/mol. The fourth-order valence-electron chi connectivity index (χ4n) is 2.78. The first-order valence-electron chi connectivity index (χ1n) is 8.96. The summed E-state index contributed by atoms with van der Waals surface area (Å²) in [5, 5.41) is 3.53. The molecule has 0 spiro atoms. The van der Waals surface area contributed by atoms with E-state index in [1.54, 1.807) is 25.7 Å². The molecule has 0 saturated carbocycles. The van der Waals surface area contributed by atoms with Gasteiger partial charge in [0, 0.05) is 5.02 Å². The molecule has 0 aliphatic carbocycles. The van der Waals surface area contributed by atoms with E-state index >= 15 is 0 Å². The molecule has 0 bridgehead atoms. The number of rotatable bonds is 2. The van der Waals surface area contributed by atoms with Crippen LogP contribution in [0.15, 0.2) is 18.2 Å². The predicted octanol–water partition coefficient (Wildman–Crippen LogP) is 4.62. The van der Waals surface area contributed by atoms with Gasteiger partial charge in [-0.25, -0.2) is 9.59 Å². The summed E-state index contributed by atoms with van der Waals surface area (Å²) in [5.74, 6) is 0. The summed E-state index contributed by atoms with van der Waals surface area (Å²) in [6.07, 6.45) is -0.953. The highest BCUT2D eigenvalue weighted by molar-refractivity contribution is 6.31. The Morgan fingerprint density at radius 3 is 2.11 bits per heavy atom. The molecule has 2 amide bonds. The molecular formula is C20H29ClN2O4. The van der Waals surface area contributed by atoms with Gasteiger partial charge in [-0.3, -0.25) is 0 Å². The van der Waals surface area contributed by atoms with Crippen molar-refractivity contribution in [3.05, 3.63) is 34.3 Å². The molecule has 0 unspecified atom stereocenters. The van der Waals surface area contributed by atoms with Gasteiger partial charge in [-0.1, -0.05) is 23.7 Å². The van der Waals surface area contributed by atoms with Crippen molar-refractivity contribution in [2.75, 3.05) is 13.1 Å². The smallest absolute Gasteiger partial charge is 0.410 e. The maximum Gasteiger partial charge on any atom is 0.410 e. The lowest BCUT2D eigenvalue weighted by Crippen LogP contribution is -2.69. The van der Waals surface area contributed by atoms with Gasteiger partial charge in [-0.15, -0.1) is 0 Å². The molecule has 6 nitrogen and oxygen atoms in total. The van der Waals surface area contributed by atoms with E-state index in [-0.39, 0.29) is 13.1 Å². The minimum Gasteiger partial charge on any atom is -0.444 e. The minimum atomic E-state index is -0.767. The molecule has 1 aliphatic rings. The third kappa shape index (κ3) is 5.51. The number of nitrogens with zero attached hydrogens (tertiary/aromatic N) is 1. The first-order valence-corrected chi connectivity index (χ1v) is 9.34. The van der Waals surface area contributed by atoms with Crippen molar-refractivity contribution in [2.24, 2.45) is 0 Å². The van der Waals surface area contributed by atoms with Crippen LogP contribution < -0.4 is 5.32 Å². The van der Waals surface area contributed by atoms with Crippen molar-refractivity contribution in [3.63, 3.8) is 0 Å². The molecule has 1 N–H and O–H groups in total. The van der Waals surface area contributed by atoms with Crippen LogP contribution in [0.1, 0.15) is 52.7 Å². The van der Waals surface area contributed by atoms with Gasteiger partial charge in [-0.2, -0.15) is 0 Å². The molecule has 1 aromatic rings. The molecule has 1 heterocycles. The van der Waals surface area contributed by atoms with Crippen LogP contribution in [-0.4, -0.2) is 41.4 Å². The second-order valence-corrected chi connectivity index (χ2v) is 9.42. The van der Waals surface area contributed by atoms with Crippen LogP contribution in [0.4, 0.5) is 9.59 Å². The third-order valence-corrected chi connectivity index (χ3v) is 4.45. The van der Waals surface area contributed by atoms with E-state index in [1.165, 1.54) is 0 Å². The highest BCUT2D eigenvalue weighted by Crippen LogP contribution is 2.35. The van der Waals surface area contributed by atoms with Crippen molar-refractivity contribution >= 4 is 23.8 Å². The lowest BCUT2D eigenvalue weighted by molar-refractivity contribution is -0.0229. The van der Waals surface area contributed by atoms with E-state index in [0.29, 0.717) is 5.02 Å². The van der Waals surface area contributed by atoms with Crippen LogP contribution in [0.3, 0.4) is 0 Å². The summed E-state index contributed by atoms with van der Waals surface area (Å²) in [5.41, 5.74) is -0.206. The van der Waals surface area contributed by atoms with Gasteiger partial charge >= 0.3 is 12.2 Å². The number of carbonyl (C=O) groups excluding carboxylic acids is 2. The average Bonchev–Trinajstić information content (AvgIpc) is 2.41. The summed E-state index contributed by atoms with van der Waals surface area (Å²) in [7, 11) is 0. The number of amides is 2. The number of likely N-dealkylation sites (tertiary alicyclic amines) is 1. The van der Waals surface area contributed by atoms with Crippen molar-refractivity contribution in [1.29, 1.82) is 0 Å². The summed E-state index contributed by atoms with van der Waals surface area (Å²) in [4.78, 5) is 26.3. The van der Waals surface area contributed by atoms with Crippen LogP contribution >= 0.6 is 11.6 Å². The van der Waals surface area contributed by atoms with Gasteiger partial charge in [-0.05, 0) is 65.7 Å². The molecule has 0 atom stereocenters. The van der Waals surface area contributed by atoms with Crippen molar-refractivity contribution in [3.8, 4) is 0 Å². The molecule has 0 radical (unpaired) electrons. The van der Waals surface area contributed by atoms with E-state index in [4.69, 9.17) is 21.1 Å². The molecule has 0 aromatic heterocycles. The quantitative estimate of drug-likeness (QED) is 0.791. The van der Waals surface area contributed by atoms with Gasteiger partial charge in [0.15, 0.2) is 0 Å². The zero-order valence-electron chi connectivity index (χ0n) is 17.1. The van der Waals surface area contributed by atoms with E-state index in [2.05, 4.69) is 5.32 Å². The third-order valence-electron chi connectivity index (χ3n) is 4.04. The molecule has 1 aromatic carbocycles. The van der Waals surface area contributed by atoms with E-state index < -0.39 is 28.9 Å². The van der Waals surface area contributed by atoms with Crippen molar-refractivity contribution in [1.82, 2.24) is 10.2 Å². The maximum atomic E-state index is 12.4. The Hall–Kier alpha value is -1.95. The topological polar surface area (TPSA) is 67.9 Å². The molecule has 1 fully saturated rings. The Labute approximate surface area is 166 Å². The highest BCUT2D eigenvalue weighted by atomic mass is 35.5. The second kappa shape index (κ2) is 7.23. The zero-order valence-corrected chi connectivity index (χ0v) is 17.9. The largest absolute Gasteiger partial charge is 0.444 e. The predicted molar refractivity (Wildman–Crippen MR) is 105 cm³/mol. The number of hydrogen-bond acceptors (Lipinski definition) is 4. The van der Waals surface area contributed by atoms with Crippen molar-refractivity contribution in [2.45, 2.75) is 65.2 Å². The molecular weight excluding hydrogens is 368 g/mol. The average molecular weight is 397 g/mol. The number of nitrogens with one attached hydrogen (secondary N) is 1. The standard InChI is InChI=1S/C20H29ClN2O4/c1-13-8-9-14(10-15(13)21)20(22-16(24)26-18(2,3)4)11-23(12-20)17(25)27-19(5,6)7/h8-10H,11-12H2,1-7H3,(H,22,24). The number of benzene rings is 1. The van der Waals surface area contributed by atoms with E-state index in [1.807, 2.05) is 45.9 Å². The summed E-state index contributed by atoms with van der Waals surface area (Å²) < 4.78 is 10.8. The number of halogens is 1. The Bertz CT molecular complexity index is 728. The zero-order chi connectivity index (χ0) is 20.6. The van der Waals surface area contributed by atoms with E-state index in [0.717, 1.165) is 11.1 Å². The molecule has 27 heavy (non-hydrogen) atoms. The van der Waals surface area contributed by atoms with Crippen LogP contribution in [0.5, 0.6) is 0 Å². The maximum absolute atomic E-state index is 12.4. The number of ether oxygens (including phenoxy) is 2. The number of aryl methyl sites for hydroxylation is 1. The van der Waals surface area contributed by atoms with Gasteiger partial charge in [0.1, 0.15) is 16.7 Å². The highest BCUT2D eigenvalue weighted by Gasteiger charge is 2.49. The number of carbonyl (C=O) groups is 2. The Morgan fingerprint density at radius 1 is 1.07 bits per heavy atom. The number of alkyl carbamates (subject to hydrolysis) is 1. The summed E-state index contributed by atoms with van der Waals surface area (Å²) >= 11 is 6.28. The van der Waals surface area contributed by atoms with Gasteiger partial charge in [0.05, 0.1) is 13.1 Å². The lowest BCUT2D eigenvalue weighted by atomic mass is 9.82. The van der Waals surface area contributed by atoms with Crippen LogP contribution in [0, 0.1) is 6.92 Å². The van der Waals surface area contributed by atoms with Gasteiger partial charge in [0.25, 0.3) is 0 Å². The molecule has 2 rings (SSSR count). The minimum absolute atomic E-state index is 0.278. The second-order valence-electron chi connectivity index (χ2n) is 9.01. The van der Waals surface area contributed by atoms with Crippen molar-refractivity contribution < 1.29 is 19.1 Å². The Kier molecular flexibility index (Phi) is 5.71. The Morgan fingerprint density at radius 2 is 1.63 bits per heavy atom. The number of hydrogen-bond donors (Lipinski definition) is 1. The SMILES string of the molecule is Cc1ccc(C2(NC(=O)OC(C)(C)C)CN(C(=O)OC(C)(C)C)C2)cc1Cl. The summed E-state index contributed by atoms with van der Waals surface area (Å²) in [6.45, 7) is 13.3. The van der Waals surface area contributed by atoms with Crippen LogP contribution in [-0.2, 0) is 15.0 Å². The molecule has 150 valence electrons. The van der Waals surface area contributed by atoms with Crippen LogP contribution in [0.25, 0.3) is 0 Å². The van der Waals surface area contributed by atoms with Gasteiger partial charge < -0.3 is 19.7 Å². The fourth-order valence-corrected chi connectivity index (χ4v) is 2.96. The molecule has 1 saturated heterocycles. The Balaban J connectivity index is 2.22. The van der Waals surface area contributed by atoms with Gasteiger partial charge in [0.2, 0.25) is 0 Å². The van der Waals surface area contributed by atoms with Crippen LogP contribution in [0.2, 0.25) is 5.02 Å². The van der Waals surface area contributed by atoms with E-state index in [9.17, 15) is 9.59 Å².